The first-order chi connectivity index (χ1) is 16.6. The average molecular weight is 493 g/mol. The SMILES string of the molecule is CC1(C)c2ccccc2-c2ccc(-c3ccc(-c4ccc(-c5cccs5)c5nsnc45)s3)cc21. The number of nitrogens with zero attached hydrogens (tertiary/aromatic N) is 2. The molecule has 0 saturated heterocycles. The topological polar surface area (TPSA) is 25.8 Å². The van der Waals surface area contributed by atoms with Gasteiger partial charge in [0, 0.05) is 31.2 Å². The average Bonchev–Trinajstić information content (AvgIpc) is 3.66. The molecule has 0 fully saturated rings. The molecule has 1 aliphatic carbocycles. The second kappa shape index (κ2) is 7.44. The Kier molecular flexibility index (Phi) is 4.44. The van der Waals surface area contributed by atoms with Gasteiger partial charge in [0.1, 0.15) is 11.0 Å². The normalized spacial score (nSPS) is 13.8. The van der Waals surface area contributed by atoms with E-state index < -0.39 is 0 Å². The Labute approximate surface area is 210 Å². The van der Waals surface area contributed by atoms with Gasteiger partial charge in [0.05, 0.1) is 11.7 Å². The Morgan fingerprint density at radius 3 is 2.12 bits per heavy atom. The number of rotatable bonds is 3. The van der Waals surface area contributed by atoms with Crippen molar-refractivity contribution in [2.45, 2.75) is 19.3 Å². The Balaban J connectivity index is 1.31. The molecule has 0 spiro atoms. The maximum atomic E-state index is 4.68. The predicted octanol–water partition coefficient (Wildman–Crippen LogP) is 9.12. The third-order valence-electron chi connectivity index (χ3n) is 6.94. The summed E-state index contributed by atoms with van der Waals surface area (Å²) in [5.74, 6) is 0. The second-order valence-corrected chi connectivity index (χ2v) is 11.8. The zero-order valence-electron chi connectivity index (χ0n) is 18.7. The van der Waals surface area contributed by atoms with Crippen LogP contribution in [-0.4, -0.2) is 8.75 Å². The van der Waals surface area contributed by atoms with Gasteiger partial charge in [-0.15, -0.1) is 22.7 Å². The summed E-state index contributed by atoms with van der Waals surface area (Å²) in [6, 6.07) is 28.9. The van der Waals surface area contributed by atoms with Crippen molar-refractivity contribution in [2.24, 2.45) is 0 Å². The Bertz CT molecular complexity index is 1690. The molecule has 0 bridgehead atoms. The highest BCUT2D eigenvalue weighted by Gasteiger charge is 2.35. The van der Waals surface area contributed by atoms with E-state index in [1.54, 1.807) is 11.3 Å². The van der Waals surface area contributed by atoms with Crippen LogP contribution in [-0.2, 0) is 5.41 Å². The lowest BCUT2D eigenvalue weighted by Gasteiger charge is -2.21. The van der Waals surface area contributed by atoms with Crippen molar-refractivity contribution in [3.05, 3.63) is 95.4 Å². The van der Waals surface area contributed by atoms with Crippen LogP contribution in [0.4, 0.5) is 0 Å². The zero-order valence-corrected chi connectivity index (χ0v) is 21.2. The molecule has 2 nitrogen and oxygen atoms in total. The van der Waals surface area contributed by atoms with Crippen molar-refractivity contribution >= 4 is 45.4 Å². The van der Waals surface area contributed by atoms with Gasteiger partial charge in [-0.2, -0.15) is 8.75 Å². The van der Waals surface area contributed by atoms with Crippen molar-refractivity contribution < 1.29 is 0 Å². The molecule has 0 unspecified atom stereocenters. The molecule has 0 atom stereocenters. The van der Waals surface area contributed by atoms with Gasteiger partial charge < -0.3 is 0 Å². The van der Waals surface area contributed by atoms with Crippen LogP contribution in [0, 0.1) is 0 Å². The lowest BCUT2D eigenvalue weighted by atomic mass is 9.82. The molecule has 3 aromatic heterocycles. The molecular formula is C29H20N2S3. The van der Waals surface area contributed by atoms with Crippen LogP contribution in [0.3, 0.4) is 0 Å². The number of hydrogen-bond donors (Lipinski definition) is 0. The van der Waals surface area contributed by atoms with Gasteiger partial charge >= 0.3 is 0 Å². The molecule has 3 aromatic carbocycles. The van der Waals surface area contributed by atoms with Crippen molar-refractivity contribution in [3.63, 3.8) is 0 Å². The van der Waals surface area contributed by atoms with Crippen LogP contribution in [0.1, 0.15) is 25.0 Å². The minimum atomic E-state index is 0.0120. The standard InChI is InChI=1S/C29H20N2S3/c1-29(2)22-7-4-3-6-18(22)19-10-9-17(16-23(19)29)24-13-14-26(33-24)21-12-11-20(25-8-5-15-32-25)27-28(21)31-34-30-27/h3-16H,1-2H3. The highest BCUT2D eigenvalue weighted by molar-refractivity contribution is 7.19. The van der Waals surface area contributed by atoms with Crippen molar-refractivity contribution in [2.75, 3.05) is 0 Å². The fourth-order valence-corrected chi connectivity index (χ4v) is 7.55. The fourth-order valence-electron chi connectivity index (χ4n) is 5.19. The number of aromatic nitrogens is 2. The van der Waals surface area contributed by atoms with E-state index in [-0.39, 0.29) is 5.41 Å². The molecule has 0 N–H and O–H groups in total. The van der Waals surface area contributed by atoms with Gasteiger partial charge in [-0.3, -0.25) is 0 Å². The summed E-state index contributed by atoms with van der Waals surface area (Å²) in [5.41, 5.74) is 11.2. The van der Waals surface area contributed by atoms with Gasteiger partial charge in [-0.25, -0.2) is 0 Å². The third-order valence-corrected chi connectivity index (χ3v) is 9.54. The molecule has 5 heteroatoms. The molecule has 164 valence electrons. The zero-order chi connectivity index (χ0) is 22.9. The summed E-state index contributed by atoms with van der Waals surface area (Å²) in [7, 11) is 0. The molecule has 1 aliphatic rings. The number of benzene rings is 3. The Hall–Kier alpha value is -3.12. The van der Waals surface area contributed by atoms with E-state index in [9.17, 15) is 0 Å². The molecular weight excluding hydrogens is 473 g/mol. The molecule has 0 amide bonds. The van der Waals surface area contributed by atoms with E-state index in [0.717, 1.165) is 16.6 Å². The van der Waals surface area contributed by atoms with Crippen LogP contribution in [0.5, 0.6) is 0 Å². The largest absolute Gasteiger partial charge is 0.172 e. The summed E-state index contributed by atoms with van der Waals surface area (Å²) in [4.78, 5) is 3.74. The van der Waals surface area contributed by atoms with Crippen LogP contribution in [0.15, 0.2) is 84.2 Å². The molecule has 34 heavy (non-hydrogen) atoms. The predicted molar refractivity (Wildman–Crippen MR) is 147 cm³/mol. The first-order valence-electron chi connectivity index (χ1n) is 11.3. The first kappa shape index (κ1) is 20.3. The highest BCUT2D eigenvalue weighted by atomic mass is 32.1. The Morgan fingerprint density at radius 1 is 0.618 bits per heavy atom. The lowest BCUT2D eigenvalue weighted by molar-refractivity contribution is 0.660. The minimum absolute atomic E-state index is 0.0120. The lowest BCUT2D eigenvalue weighted by Crippen LogP contribution is -2.14. The fraction of sp³-hybridized carbons (Fsp3) is 0.103. The van der Waals surface area contributed by atoms with E-state index in [4.69, 9.17) is 0 Å². The van der Waals surface area contributed by atoms with Crippen LogP contribution in [0.25, 0.3) is 53.5 Å². The van der Waals surface area contributed by atoms with Crippen LogP contribution >= 0.6 is 34.4 Å². The minimum Gasteiger partial charge on any atom is -0.172 e. The van der Waals surface area contributed by atoms with E-state index >= 15 is 0 Å². The van der Waals surface area contributed by atoms with E-state index in [1.807, 2.05) is 11.3 Å². The van der Waals surface area contributed by atoms with Crippen LogP contribution < -0.4 is 0 Å². The summed E-state index contributed by atoms with van der Waals surface area (Å²) in [6.45, 7) is 4.67. The number of fused-ring (bicyclic) bond motifs is 4. The van der Waals surface area contributed by atoms with Crippen molar-refractivity contribution in [1.82, 2.24) is 8.75 Å². The van der Waals surface area contributed by atoms with E-state index in [2.05, 4.69) is 107 Å². The molecule has 7 rings (SSSR count). The smallest absolute Gasteiger partial charge is 0.114 e. The van der Waals surface area contributed by atoms with Crippen LogP contribution in [0.2, 0.25) is 0 Å². The molecule has 0 aliphatic heterocycles. The monoisotopic (exact) mass is 492 g/mol. The summed E-state index contributed by atoms with van der Waals surface area (Å²) in [6.07, 6.45) is 0. The summed E-state index contributed by atoms with van der Waals surface area (Å²) < 4.78 is 9.32. The van der Waals surface area contributed by atoms with E-state index in [0.29, 0.717) is 0 Å². The maximum Gasteiger partial charge on any atom is 0.114 e. The number of hydrogen-bond acceptors (Lipinski definition) is 5. The van der Waals surface area contributed by atoms with Crippen molar-refractivity contribution in [1.29, 1.82) is 0 Å². The van der Waals surface area contributed by atoms with Crippen molar-refractivity contribution in [3.8, 4) is 42.4 Å². The molecule has 0 saturated carbocycles. The van der Waals surface area contributed by atoms with Gasteiger partial charge in [0.25, 0.3) is 0 Å². The van der Waals surface area contributed by atoms with Gasteiger partial charge in [-0.1, -0.05) is 68.4 Å². The quantitative estimate of drug-likeness (QED) is 0.246. The molecule has 6 aromatic rings. The summed E-state index contributed by atoms with van der Waals surface area (Å²) in [5, 5.41) is 2.11. The molecule has 3 heterocycles. The first-order valence-corrected chi connectivity index (χ1v) is 13.7. The van der Waals surface area contributed by atoms with Gasteiger partial charge in [0.15, 0.2) is 0 Å². The Morgan fingerprint density at radius 2 is 1.32 bits per heavy atom. The molecule has 0 radical (unpaired) electrons. The highest BCUT2D eigenvalue weighted by Crippen LogP contribution is 2.50. The summed E-state index contributed by atoms with van der Waals surface area (Å²) >= 11 is 4.86. The van der Waals surface area contributed by atoms with Gasteiger partial charge in [-0.05, 0) is 57.5 Å². The van der Waals surface area contributed by atoms with E-state index in [1.165, 1.54) is 59.7 Å². The van der Waals surface area contributed by atoms with Gasteiger partial charge in [0.2, 0.25) is 0 Å². The second-order valence-electron chi connectivity index (χ2n) is 9.19. The maximum absolute atomic E-state index is 4.68. The number of thiophene rings is 2. The third kappa shape index (κ3) is 2.91.